The Morgan fingerprint density at radius 3 is 2.62 bits per heavy atom. The minimum Gasteiger partial charge on any atom is -0.466 e. The molecule has 5 heteroatoms. The van der Waals surface area contributed by atoms with Crippen molar-refractivity contribution >= 4 is 27.9 Å². The second kappa shape index (κ2) is 3.74. The van der Waals surface area contributed by atoms with Crippen LogP contribution in [-0.2, 0) is 19.1 Å². The van der Waals surface area contributed by atoms with Gasteiger partial charge in [0.2, 0.25) is 0 Å². The van der Waals surface area contributed by atoms with Crippen molar-refractivity contribution in [2.45, 2.75) is 6.92 Å². The maximum absolute atomic E-state index is 11.0. The first-order chi connectivity index (χ1) is 6.06. The number of cyclic esters (lactones) is 1. The summed E-state index contributed by atoms with van der Waals surface area (Å²) in [5, 5.41) is 0. The lowest BCUT2D eigenvalue weighted by Gasteiger charge is -1.96. The Hall–Kier alpha value is -1.10. The number of methoxy groups -OCH3 is 1. The van der Waals surface area contributed by atoms with Crippen molar-refractivity contribution in [1.29, 1.82) is 0 Å². The van der Waals surface area contributed by atoms with Gasteiger partial charge in [-0.3, -0.25) is 0 Å². The standard InChI is InChI=1S/C8H7BrO4/c1-4-7(9)5(13-8(4)11)3-6(10)12-2/h3H,1-2H3/b5-3-. The third-order valence-corrected chi connectivity index (χ3v) is 2.49. The SMILES string of the molecule is COC(=O)/C=C1\OC(=O)C(C)=C1Br. The molecule has 0 N–H and O–H groups in total. The fraction of sp³-hybridized carbons (Fsp3) is 0.250. The lowest BCUT2D eigenvalue weighted by molar-refractivity contribution is -0.135. The van der Waals surface area contributed by atoms with Gasteiger partial charge in [0, 0.05) is 0 Å². The maximum atomic E-state index is 11.0. The number of carbonyl (C=O) groups excluding carboxylic acids is 2. The fourth-order valence-electron chi connectivity index (χ4n) is 0.754. The first-order valence-electron chi connectivity index (χ1n) is 3.45. The molecular formula is C8H7BrO4. The van der Waals surface area contributed by atoms with Gasteiger partial charge in [0.1, 0.15) is 0 Å². The molecule has 0 aliphatic carbocycles. The second-order valence-electron chi connectivity index (χ2n) is 2.36. The average molecular weight is 247 g/mol. The first kappa shape index (κ1) is 9.98. The van der Waals surface area contributed by atoms with Gasteiger partial charge >= 0.3 is 11.9 Å². The Labute approximate surface area is 83.3 Å². The Morgan fingerprint density at radius 1 is 1.62 bits per heavy atom. The Morgan fingerprint density at radius 2 is 2.23 bits per heavy atom. The molecule has 0 fully saturated rings. The molecule has 1 rings (SSSR count). The van der Waals surface area contributed by atoms with Crippen molar-refractivity contribution in [3.63, 3.8) is 0 Å². The van der Waals surface area contributed by atoms with Crippen molar-refractivity contribution in [3.05, 3.63) is 21.9 Å². The van der Waals surface area contributed by atoms with Gasteiger partial charge in [-0.05, 0) is 22.9 Å². The number of hydrogen-bond donors (Lipinski definition) is 0. The normalized spacial score (nSPS) is 19.3. The molecule has 0 aromatic heterocycles. The Bertz CT molecular complexity index is 327. The van der Waals surface area contributed by atoms with E-state index in [-0.39, 0.29) is 5.76 Å². The monoisotopic (exact) mass is 246 g/mol. The van der Waals surface area contributed by atoms with Crippen molar-refractivity contribution in [2.24, 2.45) is 0 Å². The summed E-state index contributed by atoms with van der Waals surface area (Å²) < 4.78 is 9.63. The highest BCUT2D eigenvalue weighted by molar-refractivity contribution is 9.12. The summed E-state index contributed by atoms with van der Waals surface area (Å²) >= 11 is 3.13. The van der Waals surface area contributed by atoms with Crippen molar-refractivity contribution in [3.8, 4) is 0 Å². The Kier molecular flexibility index (Phi) is 2.87. The third-order valence-electron chi connectivity index (χ3n) is 1.50. The number of esters is 2. The molecule has 0 amide bonds. The van der Waals surface area contributed by atoms with Crippen LogP contribution in [0.5, 0.6) is 0 Å². The lowest BCUT2D eigenvalue weighted by atomic mass is 10.3. The summed E-state index contributed by atoms with van der Waals surface area (Å²) in [5.41, 5.74) is 0.440. The topological polar surface area (TPSA) is 52.6 Å². The van der Waals surface area contributed by atoms with E-state index in [4.69, 9.17) is 4.74 Å². The summed E-state index contributed by atoms with van der Waals surface area (Å²) in [6.07, 6.45) is 1.11. The highest BCUT2D eigenvalue weighted by atomic mass is 79.9. The summed E-state index contributed by atoms with van der Waals surface area (Å²) in [6.45, 7) is 1.60. The van der Waals surface area contributed by atoms with E-state index in [1.54, 1.807) is 6.92 Å². The van der Waals surface area contributed by atoms with Gasteiger partial charge in [-0.25, -0.2) is 9.59 Å². The van der Waals surface area contributed by atoms with E-state index in [0.29, 0.717) is 10.1 Å². The Balaban J connectivity index is 2.94. The predicted molar refractivity (Wildman–Crippen MR) is 47.8 cm³/mol. The zero-order chi connectivity index (χ0) is 10.0. The van der Waals surface area contributed by atoms with Crippen LogP contribution in [0.25, 0.3) is 0 Å². The molecule has 0 unspecified atom stereocenters. The van der Waals surface area contributed by atoms with Gasteiger partial charge in [-0.2, -0.15) is 0 Å². The molecule has 1 aliphatic rings. The van der Waals surface area contributed by atoms with Crippen LogP contribution in [0.2, 0.25) is 0 Å². The molecule has 1 aliphatic heterocycles. The summed E-state index contributed by atoms with van der Waals surface area (Å²) in [4.78, 5) is 21.8. The molecule has 0 atom stereocenters. The van der Waals surface area contributed by atoms with Crippen LogP contribution in [0.1, 0.15) is 6.92 Å². The van der Waals surface area contributed by atoms with Gasteiger partial charge in [0.25, 0.3) is 0 Å². The molecule has 4 nitrogen and oxygen atoms in total. The number of ether oxygens (including phenoxy) is 2. The molecule has 0 aromatic carbocycles. The summed E-state index contributed by atoms with van der Waals surface area (Å²) in [6, 6.07) is 0. The van der Waals surface area contributed by atoms with Gasteiger partial charge in [0.15, 0.2) is 5.76 Å². The molecule has 0 saturated carbocycles. The van der Waals surface area contributed by atoms with E-state index in [2.05, 4.69) is 20.7 Å². The molecule has 0 spiro atoms. The van der Waals surface area contributed by atoms with Crippen molar-refractivity contribution in [1.82, 2.24) is 0 Å². The third kappa shape index (κ3) is 1.98. The van der Waals surface area contributed by atoms with Gasteiger partial charge in [-0.1, -0.05) is 0 Å². The number of halogens is 1. The van der Waals surface area contributed by atoms with Gasteiger partial charge < -0.3 is 9.47 Å². The number of hydrogen-bond acceptors (Lipinski definition) is 4. The summed E-state index contributed by atoms with van der Waals surface area (Å²) in [7, 11) is 1.25. The zero-order valence-electron chi connectivity index (χ0n) is 7.09. The molecule has 0 bridgehead atoms. The minimum atomic E-state index is -0.561. The van der Waals surface area contributed by atoms with E-state index >= 15 is 0 Å². The van der Waals surface area contributed by atoms with E-state index in [9.17, 15) is 9.59 Å². The van der Waals surface area contributed by atoms with Crippen molar-refractivity contribution < 1.29 is 19.1 Å². The number of carbonyl (C=O) groups is 2. The molecule has 0 aromatic rings. The molecule has 1 heterocycles. The quantitative estimate of drug-likeness (QED) is 0.517. The largest absolute Gasteiger partial charge is 0.466 e. The van der Waals surface area contributed by atoms with E-state index in [1.807, 2.05) is 0 Å². The van der Waals surface area contributed by atoms with E-state index in [1.165, 1.54) is 7.11 Å². The lowest BCUT2D eigenvalue weighted by Crippen LogP contribution is -1.99. The smallest absolute Gasteiger partial charge is 0.340 e. The van der Waals surface area contributed by atoms with Crippen LogP contribution in [0.15, 0.2) is 21.9 Å². The van der Waals surface area contributed by atoms with E-state index < -0.39 is 11.9 Å². The van der Waals surface area contributed by atoms with Crippen LogP contribution in [-0.4, -0.2) is 19.0 Å². The van der Waals surface area contributed by atoms with Crippen LogP contribution in [0.4, 0.5) is 0 Å². The minimum absolute atomic E-state index is 0.189. The number of rotatable bonds is 1. The zero-order valence-corrected chi connectivity index (χ0v) is 8.67. The van der Waals surface area contributed by atoms with Crippen LogP contribution < -0.4 is 0 Å². The molecule has 0 saturated heterocycles. The van der Waals surface area contributed by atoms with Crippen molar-refractivity contribution in [2.75, 3.05) is 7.11 Å². The maximum Gasteiger partial charge on any atom is 0.340 e. The average Bonchev–Trinajstić information content (AvgIpc) is 2.34. The molecule has 13 heavy (non-hydrogen) atoms. The van der Waals surface area contributed by atoms with Gasteiger partial charge in [0.05, 0.1) is 23.2 Å². The van der Waals surface area contributed by atoms with Crippen LogP contribution in [0, 0.1) is 0 Å². The second-order valence-corrected chi connectivity index (χ2v) is 3.15. The summed E-state index contributed by atoms with van der Waals surface area (Å²) in [5.74, 6) is -0.828. The predicted octanol–water partition coefficient (Wildman–Crippen LogP) is 1.27. The van der Waals surface area contributed by atoms with Crippen LogP contribution in [0.3, 0.4) is 0 Å². The number of allylic oxidation sites excluding steroid dienone is 1. The van der Waals surface area contributed by atoms with Crippen LogP contribution >= 0.6 is 15.9 Å². The molecular weight excluding hydrogens is 240 g/mol. The fourth-order valence-corrected chi connectivity index (χ4v) is 1.11. The highest BCUT2D eigenvalue weighted by Crippen LogP contribution is 2.30. The first-order valence-corrected chi connectivity index (χ1v) is 4.24. The molecule has 0 radical (unpaired) electrons. The van der Waals surface area contributed by atoms with Gasteiger partial charge in [-0.15, -0.1) is 0 Å². The highest BCUT2D eigenvalue weighted by Gasteiger charge is 2.25. The van der Waals surface area contributed by atoms with E-state index in [0.717, 1.165) is 6.08 Å². The molecule has 70 valence electrons.